The predicted octanol–water partition coefficient (Wildman–Crippen LogP) is 4.31. The molecule has 0 aromatic heterocycles. The summed E-state index contributed by atoms with van der Waals surface area (Å²) in [5, 5.41) is 0. The smallest absolute Gasteiger partial charge is 0.269 e. The van der Waals surface area contributed by atoms with Gasteiger partial charge < -0.3 is 0 Å². The lowest BCUT2D eigenvalue weighted by molar-refractivity contribution is 0.0779. The number of nitrogens with one attached hydrogen (secondary N) is 1. The van der Waals surface area contributed by atoms with Gasteiger partial charge in [-0.1, -0.05) is 25.1 Å². The van der Waals surface area contributed by atoms with Crippen molar-refractivity contribution in [2.45, 2.75) is 51.4 Å². The average molecular weight is 347 g/mol. The summed E-state index contributed by atoms with van der Waals surface area (Å²) in [6, 6.07) is 5.71. The Kier molecular flexibility index (Phi) is 3.59. The van der Waals surface area contributed by atoms with E-state index in [9.17, 15) is 8.42 Å². The molecule has 4 atom stereocenters. The third-order valence-electron chi connectivity index (χ3n) is 6.72. The van der Waals surface area contributed by atoms with Gasteiger partial charge in [0.1, 0.15) is 0 Å². The maximum absolute atomic E-state index is 11.0. The second-order valence-electron chi connectivity index (χ2n) is 8.13. The SMILES string of the molecule is C=C1CC[C@@]2(C)CC[C@@H]3c4ccc(NS(=O)(=O)O)cc4CC[C@H]3[C@H]12. The van der Waals surface area contributed by atoms with Crippen molar-refractivity contribution >= 4 is 16.0 Å². The number of benzene rings is 1. The van der Waals surface area contributed by atoms with Gasteiger partial charge in [-0.15, -0.1) is 0 Å². The lowest BCUT2D eigenvalue weighted by Crippen LogP contribution is -2.40. The Hall–Kier alpha value is -1.33. The lowest BCUT2D eigenvalue weighted by Gasteiger charge is -2.49. The fraction of sp³-hybridized carbons (Fsp3) is 0.579. The van der Waals surface area contributed by atoms with E-state index in [1.807, 2.05) is 6.07 Å². The first kappa shape index (κ1) is 16.2. The van der Waals surface area contributed by atoms with Gasteiger partial charge in [-0.2, -0.15) is 8.42 Å². The molecule has 0 aliphatic heterocycles. The van der Waals surface area contributed by atoms with Crippen LogP contribution in [0.5, 0.6) is 0 Å². The summed E-state index contributed by atoms with van der Waals surface area (Å²) >= 11 is 0. The third kappa shape index (κ3) is 2.58. The summed E-state index contributed by atoms with van der Waals surface area (Å²) in [4.78, 5) is 0. The van der Waals surface area contributed by atoms with Crippen LogP contribution in [0.2, 0.25) is 0 Å². The van der Waals surface area contributed by atoms with E-state index in [0.717, 1.165) is 12.8 Å². The summed E-state index contributed by atoms with van der Waals surface area (Å²) in [5.41, 5.74) is 4.91. The number of aryl methyl sites for hydroxylation is 1. The van der Waals surface area contributed by atoms with E-state index in [1.165, 1.54) is 42.4 Å². The Morgan fingerprint density at radius 2 is 2.04 bits per heavy atom. The topological polar surface area (TPSA) is 66.4 Å². The molecule has 2 fully saturated rings. The molecule has 24 heavy (non-hydrogen) atoms. The number of allylic oxidation sites excluding steroid dienone is 1. The molecule has 0 spiro atoms. The average Bonchev–Trinajstić information content (AvgIpc) is 2.81. The van der Waals surface area contributed by atoms with Crippen molar-refractivity contribution in [3.8, 4) is 0 Å². The van der Waals surface area contributed by atoms with Crippen LogP contribution in [0, 0.1) is 17.3 Å². The van der Waals surface area contributed by atoms with Crippen LogP contribution >= 0.6 is 0 Å². The summed E-state index contributed by atoms with van der Waals surface area (Å²) < 4.78 is 33.2. The van der Waals surface area contributed by atoms with Gasteiger partial charge in [0, 0.05) is 0 Å². The molecule has 3 aliphatic carbocycles. The zero-order valence-electron chi connectivity index (χ0n) is 14.1. The zero-order valence-corrected chi connectivity index (χ0v) is 14.9. The zero-order chi connectivity index (χ0) is 17.1. The monoisotopic (exact) mass is 347 g/mol. The van der Waals surface area contributed by atoms with Crippen molar-refractivity contribution in [1.82, 2.24) is 0 Å². The highest BCUT2D eigenvalue weighted by Crippen LogP contribution is 2.62. The molecule has 4 nitrogen and oxygen atoms in total. The van der Waals surface area contributed by atoms with Gasteiger partial charge in [0.2, 0.25) is 0 Å². The van der Waals surface area contributed by atoms with Gasteiger partial charge in [-0.25, -0.2) is 0 Å². The van der Waals surface area contributed by atoms with Gasteiger partial charge in [0.05, 0.1) is 5.69 Å². The molecule has 130 valence electrons. The van der Waals surface area contributed by atoms with E-state index in [1.54, 1.807) is 6.07 Å². The lowest BCUT2D eigenvalue weighted by atomic mass is 9.55. The maximum Gasteiger partial charge on any atom is 0.357 e. The van der Waals surface area contributed by atoms with Crippen LogP contribution < -0.4 is 4.72 Å². The maximum atomic E-state index is 11.0. The van der Waals surface area contributed by atoms with E-state index in [2.05, 4.69) is 24.3 Å². The molecule has 0 saturated heterocycles. The molecule has 3 aliphatic rings. The van der Waals surface area contributed by atoms with E-state index >= 15 is 0 Å². The van der Waals surface area contributed by atoms with Gasteiger partial charge in [0.25, 0.3) is 0 Å². The summed E-state index contributed by atoms with van der Waals surface area (Å²) in [6.07, 6.45) is 7.03. The quantitative estimate of drug-likeness (QED) is 0.619. The predicted molar refractivity (Wildman–Crippen MR) is 95.4 cm³/mol. The summed E-state index contributed by atoms with van der Waals surface area (Å²) in [7, 11) is -4.22. The van der Waals surface area contributed by atoms with Crippen molar-refractivity contribution in [3.05, 3.63) is 41.5 Å². The second kappa shape index (κ2) is 5.33. The van der Waals surface area contributed by atoms with Crippen LogP contribution in [-0.2, 0) is 16.7 Å². The molecule has 5 heteroatoms. The molecule has 4 rings (SSSR count). The highest BCUT2D eigenvalue weighted by molar-refractivity contribution is 7.87. The Morgan fingerprint density at radius 1 is 1.25 bits per heavy atom. The molecule has 0 amide bonds. The van der Waals surface area contributed by atoms with Crippen molar-refractivity contribution < 1.29 is 13.0 Å². The standard InChI is InChI=1S/C19H25NO3S/c1-12-7-9-19(2)10-8-16-15-6-4-14(20-24(21,22)23)11-13(15)3-5-17(16)18(12)19/h4,6,11,16-18,20H,1,3,5,7-10H2,2H3,(H,21,22,23)/t16-,17-,18+,19+/m1/s1. The van der Waals surface area contributed by atoms with Crippen LogP contribution in [0.25, 0.3) is 0 Å². The van der Waals surface area contributed by atoms with Crippen molar-refractivity contribution in [2.24, 2.45) is 17.3 Å². The number of hydrogen-bond donors (Lipinski definition) is 2. The first-order valence-electron chi connectivity index (χ1n) is 8.83. The minimum Gasteiger partial charge on any atom is -0.269 e. The van der Waals surface area contributed by atoms with E-state index in [-0.39, 0.29) is 0 Å². The first-order valence-corrected chi connectivity index (χ1v) is 10.3. The third-order valence-corrected chi connectivity index (χ3v) is 7.21. The highest BCUT2D eigenvalue weighted by Gasteiger charge is 2.51. The molecule has 0 heterocycles. The van der Waals surface area contributed by atoms with Crippen LogP contribution in [0.1, 0.15) is 56.1 Å². The van der Waals surface area contributed by atoms with Gasteiger partial charge in [-0.3, -0.25) is 9.27 Å². The number of fused-ring (bicyclic) bond motifs is 5. The molecule has 2 saturated carbocycles. The second-order valence-corrected chi connectivity index (χ2v) is 9.28. The van der Waals surface area contributed by atoms with Gasteiger partial charge in [-0.05, 0) is 85.0 Å². The Bertz CT molecular complexity index is 801. The molecular weight excluding hydrogens is 322 g/mol. The Morgan fingerprint density at radius 3 is 2.79 bits per heavy atom. The number of hydrogen-bond acceptors (Lipinski definition) is 2. The number of anilines is 1. The van der Waals surface area contributed by atoms with Crippen molar-refractivity contribution in [2.75, 3.05) is 4.72 Å². The van der Waals surface area contributed by atoms with Gasteiger partial charge >= 0.3 is 10.3 Å². The van der Waals surface area contributed by atoms with Crippen LogP contribution in [0.3, 0.4) is 0 Å². The molecular formula is C19H25NO3S. The minimum absolute atomic E-state index is 0.433. The van der Waals surface area contributed by atoms with Crippen molar-refractivity contribution in [1.29, 1.82) is 0 Å². The van der Waals surface area contributed by atoms with E-state index < -0.39 is 10.3 Å². The molecule has 1 aromatic rings. The molecule has 0 bridgehead atoms. The van der Waals surface area contributed by atoms with Crippen LogP contribution in [0.4, 0.5) is 5.69 Å². The normalized spacial score (nSPS) is 35.1. The number of rotatable bonds is 2. The molecule has 1 aromatic carbocycles. The highest BCUT2D eigenvalue weighted by atomic mass is 32.2. The molecule has 0 unspecified atom stereocenters. The van der Waals surface area contributed by atoms with Crippen LogP contribution in [-0.4, -0.2) is 13.0 Å². The van der Waals surface area contributed by atoms with E-state index in [0.29, 0.717) is 28.9 Å². The summed E-state index contributed by atoms with van der Waals surface area (Å²) in [6.45, 7) is 6.83. The van der Waals surface area contributed by atoms with Crippen LogP contribution in [0.15, 0.2) is 30.4 Å². The Labute approximate surface area is 144 Å². The van der Waals surface area contributed by atoms with Crippen molar-refractivity contribution in [3.63, 3.8) is 0 Å². The molecule has 2 N–H and O–H groups in total. The minimum atomic E-state index is -4.22. The van der Waals surface area contributed by atoms with Gasteiger partial charge in [0.15, 0.2) is 0 Å². The largest absolute Gasteiger partial charge is 0.357 e. The summed E-state index contributed by atoms with van der Waals surface area (Å²) in [5.74, 6) is 1.87. The Balaban J connectivity index is 1.66. The first-order chi connectivity index (χ1) is 11.3. The fourth-order valence-corrected chi connectivity index (χ4v) is 6.18. The van der Waals surface area contributed by atoms with E-state index in [4.69, 9.17) is 4.55 Å². The molecule has 0 radical (unpaired) electrons. The fourth-order valence-electron chi connectivity index (χ4n) is 5.75.